The molecule has 0 fully saturated rings. The Bertz CT molecular complexity index is 433. The lowest BCUT2D eigenvalue weighted by molar-refractivity contribution is -0.386. The second-order valence-corrected chi connectivity index (χ2v) is 3.07. The largest absolute Gasteiger partial charge is 0.490 e. The Morgan fingerprint density at radius 3 is 2.71 bits per heavy atom. The van der Waals surface area contributed by atoms with E-state index >= 15 is 0 Å². The SMILES string of the molecule is COC(=O)NCc1cccc(OC)c1[N+](=O)[O-]. The average molecular weight is 240 g/mol. The van der Waals surface area contributed by atoms with Crippen LogP contribution in [0, 0.1) is 10.1 Å². The van der Waals surface area contributed by atoms with Crippen molar-refractivity contribution in [3.63, 3.8) is 0 Å². The van der Waals surface area contributed by atoms with Gasteiger partial charge in [0.15, 0.2) is 5.75 Å². The van der Waals surface area contributed by atoms with E-state index in [1.165, 1.54) is 26.4 Å². The zero-order chi connectivity index (χ0) is 12.8. The van der Waals surface area contributed by atoms with E-state index in [0.717, 1.165) is 0 Å². The molecular weight excluding hydrogens is 228 g/mol. The third-order valence-corrected chi connectivity index (χ3v) is 2.09. The molecule has 0 aromatic heterocycles. The molecule has 1 rings (SSSR count). The zero-order valence-electron chi connectivity index (χ0n) is 9.43. The number of nitro benzene ring substituents is 1. The number of benzene rings is 1. The molecule has 0 bridgehead atoms. The van der Waals surface area contributed by atoms with Crippen molar-refractivity contribution in [1.82, 2.24) is 5.32 Å². The second-order valence-electron chi connectivity index (χ2n) is 3.07. The Labute approximate surface area is 97.5 Å². The highest BCUT2D eigenvalue weighted by Gasteiger charge is 2.20. The number of ether oxygens (including phenoxy) is 2. The summed E-state index contributed by atoms with van der Waals surface area (Å²) in [6.07, 6.45) is -0.651. The fourth-order valence-electron chi connectivity index (χ4n) is 1.32. The molecule has 1 N–H and O–H groups in total. The van der Waals surface area contributed by atoms with Crippen LogP contribution in [0.5, 0.6) is 5.75 Å². The number of amides is 1. The summed E-state index contributed by atoms with van der Waals surface area (Å²) >= 11 is 0. The fourth-order valence-corrected chi connectivity index (χ4v) is 1.32. The van der Waals surface area contributed by atoms with Gasteiger partial charge in [0, 0.05) is 0 Å². The van der Waals surface area contributed by atoms with Crippen LogP contribution in [0.2, 0.25) is 0 Å². The van der Waals surface area contributed by atoms with Gasteiger partial charge in [0.1, 0.15) is 0 Å². The zero-order valence-corrected chi connectivity index (χ0v) is 9.43. The van der Waals surface area contributed by atoms with Gasteiger partial charge in [0.2, 0.25) is 0 Å². The molecule has 1 aromatic rings. The van der Waals surface area contributed by atoms with Crippen LogP contribution >= 0.6 is 0 Å². The summed E-state index contributed by atoms with van der Waals surface area (Å²) in [6.45, 7) is 0.000185. The summed E-state index contributed by atoms with van der Waals surface area (Å²) in [5.74, 6) is 0.152. The van der Waals surface area contributed by atoms with Crippen molar-refractivity contribution in [2.45, 2.75) is 6.54 Å². The molecule has 92 valence electrons. The maximum absolute atomic E-state index is 10.9. The first-order chi connectivity index (χ1) is 8.10. The number of nitrogens with one attached hydrogen (secondary N) is 1. The predicted octanol–water partition coefficient (Wildman–Crippen LogP) is 1.46. The lowest BCUT2D eigenvalue weighted by atomic mass is 10.1. The van der Waals surface area contributed by atoms with Gasteiger partial charge in [-0.05, 0) is 6.07 Å². The summed E-state index contributed by atoms with van der Waals surface area (Å²) < 4.78 is 9.27. The topological polar surface area (TPSA) is 90.7 Å². The minimum atomic E-state index is -0.651. The van der Waals surface area contributed by atoms with Gasteiger partial charge in [-0.3, -0.25) is 10.1 Å². The van der Waals surface area contributed by atoms with E-state index < -0.39 is 11.0 Å². The standard InChI is InChI=1S/C10H12N2O5/c1-16-8-5-3-4-7(9(8)12(14)15)6-11-10(13)17-2/h3-5H,6H2,1-2H3,(H,11,13). The lowest BCUT2D eigenvalue weighted by Crippen LogP contribution is -2.22. The van der Waals surface area contributed by atoms with Gasteiger partial charge in [-0.2, -0.15) is 0 Å². The molecule has 1 amide bonds. The van der Waals surface area contributed by atoms with Crippen LogP contribution in [0.4, 0.5) is 10.5 Å². The maximum Gasteiger partial charge on any atom is 0.407 e. The average Bonchev–Trinajstić information content (AvgIpc) is 2.34. The lowest BCUT2D eigenvalue weighted by Gasteiger charge is -2.07. The first-order valence-corrected chi connectivity index (χ1v) is 4.72. The number of nitro groups is 1. The number of alkyl carbamates (subject to hydrolysis) is 1. The number of rotatable bonds is 4. The fraction of sp³-hybridized carbons (Fsp3) is 0.300. The van der Waals surface area contributed by atoms with E-state index in [1.807, 2.05) is 0 Å². The van der Waals surface area contributed by atoms with Crippen molar-refractivity contribution in [3.8, 4) is 5.75 Å². The normalized spacial score (nSPS) is 9.53. The van der Waals surface area contributed by atoms with Crippen molar-refractivity contribution in [1.29, 1.82) is 0 Å². The number of para-hydroxylation sites is 1. The summed E-state index contributed by atoms with van der Waals surface area (Å²) in [5, 5.41) is 13.3. The highest BCUT2D eigenvalue weighted by molar-refractivity contribution is 5.67. The molecule has 0 spiro atoms. The molecule has 7 heteroatoms. The van der Waals surface area contributed by atoms with Gasteiger partial charge < -0.3 is 14.8 Å². The van der Waals surface area contributed by atoms with Gasteiger partial charge >= 0.3 is 11.8 Å². The van der Waals surface area contributed by atoms with E-state index in [4.69, 9.17) is 4.74 Å². The summed E-state index contributed by atoms with van der Waals surface area (Å²) in [4.78, 5) is 21.2. The van der Waals surface area contributed by atoms with Crippen LogP contribution in [0.1, 0.15) is 5.56 Å². The Balaban J connectivity index is 2.98. The van der Waals surface area contributed by atoms with Crippen LogP contribution in [0.25, 0.3) is 0 Å². The maximum atomic E-state index is 10.9. The number of hydrogen-bond donors (Lipinski definition) is 1. The number of hydrogen-bond acceptors (Lipinski definition) is 5. The Morgan fingerprint density at radius 2 is 2.18 bits per heavy atom. The van der Waals surface area contributed by atoms with Crippen molar-refractivity contribution in [3.05, 3.63) is 33.9 Å². The number of carbonyl (C=O) groups is 1. The van der Waals surface area contributed by atoms with Gasteiger partial charge in [-0.1, -0.05) is 12.1 Å². The molecule has 0 heterocycles. The number of methoxy groups -OCH3 is 2. The molecule has 0 atom stereocenters. The quantitative estimate of drug-likeness (QED) is 0.635. The number of carbonyl (C=O) groups excluding carboxylic acids is 1. The Kier molecular flexibility index (Phi) is 4.27. The Hall–Kier alpha value is -2.31. The molecule has 0 aliphatic heterocycles. The molecular formula is C10H12N2O5. The minimum Gasteiger partial charge on any atom is -0.490 e. The van der Waals surface area contributed by atoms with Crippen molar-refractivity contribution in [2.24, 2.45) is 0 Å². The van der Waals surface area contributed by atoms with E-state index in [0.29, 0.717) is 5.56 Å². The van der Waals surface area contributed by atoms with Crippen LogP contribution in [-0.4, -0.2) is 25.2 Å². The summed E-state index contributed by atoms with van der Waals surface area (Å²) in [7, 11) is 2.56. The molecule has 0 saturated carbocycles. The molecule has 0 radical (unpaired) electrons. The van der Waals surface area contributed by atoms with Crippen LogP contribution in [0.3, 0.4) is 0 Å². The first kappa shape index (κ1) is 12.8. The molecule has 0 aliphatic carbocycles. The third-order valence-electron chi connectivity index (χ3n) is 2.09. The van der Waals surface area contributed by atoms with Crippen molar-refractivity contribution in [2.75, 3.05) is 14.2 Å². The Morgan fingerprint density at radius 1 is 1.47 bits per heavy atom. The minimum absolute atomic E-state index is 0.000185. The van der Waals surface area contributed by atoms with Crippen LogP contribution < -0.4 is 10.1 Å². The van der Waals surface area contributed by atoms with E-state index in [9.17, 15) is 14.9 Å². The van der Waals surface area contributed by atoms with Crippen LogP contribution in [-0.2, 0) is 11.3 Å². The molecule has 0 unspecified atom stereocenters. The molecule has 1 aromatic carbocycles. The highest BCUT2D eigenvalue weighted by atomic mass is 16.6. The van der Waals surface area contributed by atoms with E-state index in [1.54, 1.807) is 6.07 Å². The number of nitrogens with zero attached hydrogens (tertiary/aromatic N) is 1. The summed E-state index contributed by atoms with van der Waals surface area (Å²) in [6, 6.07) is 4.64. The van der Waals surface area contributed by atoms with E-state index in [-0.39, 0.29) is 18.0 Å². The van der Waals surface area contributed by atoms with Crippen molar-refractivity contribution < 1.29 is 19.2 Å². The summed E-state index contributed by atoms with van der Waals surface area (Å²) in [5.41, 5.74) is 0.186. The van der Waals surface area contributed by atoms with Crippen LogP contribution in [0.15, 0.2) is 18.2 Å². The third kappa shape index (κ3) is 3.07. The second kappa shape index (κ2) is 5.69. The van der Waals surface area contributed by atoms with Gasteiger partial charge in [0.25, 0.3) is 0 Å². The molecule has 0 aliphatic rings. The predicted molar refractivity (Wildman–Crippen MR) is 58.9 cm³/mol. The molecule has 0 saturated heterocycles. The highest BCUT2D eigenvalue weighted by Crippen LogP contribution is 2.30. The molecule has 7 nitrogen and oxygen atoms in total. The van der Waals surface area contributed by atoms with Gasteiger partial charge in [-0.25, -0.2) is 4.79 Å². The monoisotopic (exact) mass is 240 g/mol. The smallest absolute Gasteiger partial charge is 0.407 e. The van der Waals surface area contributed by atoms with Gasteiger partial charge in [-0.15, -0.1) is 0 Å². The van der Waals surface area contributed by atoms with Crippen molar-refractivity contribution >= 4 is 11.8 Å². The first-order valence-electron chi connectivity index (χ1n) is 4.72. The van der Waals surface area contributed by atoms with E-state index in [2.05, 4.69) is 10.1 Å². The molecule has 17 heavy (non-hydrogen) atoms. The van der Waals surface area contributed by atoms with Gasteiger partial charge in [0.05, 0.1) is 31.3 Å².